The molecule has 0 unspecified atom stereocenters. The number of fused-ring (bicyclic) bond motifs is 4. The van der Waals surface area contributed by atoms with E-state index in [4.69, 9.17) is 10.2 Å². The molecular weight excluding hydrogens is 437 g/mol. The largest absolute Gasteiger partial charge is 0.458 e. The van der Waals surface area contributed by atoms with E-state index in [0.717, 1.165) is 33.6 Å². The van der Waals surface area contributed by atoms with E-state index in [2.05, 4.69) is 95.0 Å². The molecule has 0 aromatic heterocycles. The van der Waals surface area contributed by atoms with Crippen LogP contribution in [0.15, 0.2) is 78.8 Å². The summed E-state index contributed by atoms with van der Waals surface area (Å²) in [5, 5.41) is 0. The van der Waals surface area contributed by atoms with Crippen LogP contribution in [0.2, 0.25) is 0 Å². The van der Waals surface area contributed by atoms with Gasteiger partial charge in [-0.1, -0.05) is 83.9 Å². The minimum atomic E-state index is -0.391. The minimum absolute atomic E-state index is 0.0360. The molecular formula is C33H34BNO. The lowest BCUT2D eigenvalue weighted by molar-refractivity contribution is 0.487. The van der Waals surface area contributed by atoms with Crippen LogP contribution in [0.25, 0.3) is 0 Å². The van der Waals surface area contributed by atoms with E-state index in [1.807, 2.05) is 13.0 Å². The van der Waals surface area contributed by atoms with Crippen molar-refractivity contribution >= 4 is 40.2 Å². The Morgan fingerprint density at radius 2 is 1.39 bits per heavy atom. The fourth-order valence-corrected chi connectivity index (χ4v) is 5.44. The number of nitrogens with zero attached hydrogens (tertiary/aromatic N) is 1. The van der Waals surface area contributed by atoms with Crippen molar-refractivity contribution < 1.29 is 10.2 Å². The molecule has 6 rings (SSSR count). The average molecular weight is 475 g/mol. The Morgan fingerprint density at radius 3 is 2.08 bits per heavy atom. The van der Waals surface area contributed by atoms with Gasteiger partial charge in [-0.15, -0.1) is 0 Å². The van der Waals surface area contributed by atoms with Gasteiger partial charge < -0.3 is 9.64 Å². The van der Waals surface area contributed by atoms with Gasteiger partial charge in [0.2, 0.25) is 0 Å². The van der Waals surface area contributed by atoms with E-state index >= 15 is 0 Å². The minimum Gasteiger partial charge on any atom is -0.458 e. The summed E-state index contributed by atoms with van der Waals surface area (Å²) in [6.45, 7) is 14.8. The Morgan fingerprint density at radius 1 is 0.722 bits per heavy atom. The summed E-state index contributed by atoms with van der Waals surface area (Å²) < 4.78 is 40.8. The van der Waals surface area contributed by atoms with E-state index in [0.29, 0.717) is 11.2 Å². The molecule has 0 amide bonds. The van der Waals surface area contributed by atoms with Crippen LogP contribution in [-0.2, 0) is 10.8 Å². The first kappa shape index (κ1) is 18.8. The molecule has 0 fully saturated rings. The zero-order chi connectivity index (χ0) is 28.9. The first-order valence-corrected chi connectivity index (χ1v) is 12.7. The maximum Gasteiger partial charge on any atom is 0.256 e. The Kier molecular flexibility index (Phi) is 4.05. The number of hydrogen-bond donors (Lipinski definition) is 0. The monoisotopic (exact) mass is 475 g/mol. The second-order valence-corrected chi connectivity index (χ2v) is 12.1. The summed E-state index contributed by atoms with van der Waals surface area (Å²) in [6, 6.07) is 18.7. The molecule has 0 atom stereocenters. The third-order valence-electron chi connectivity index (χ3n) is 7.41. The number of benzene rings is 4. The van der Waals surface area contributed by atoms with Gasteiger partial charge in [0.15, 0.2) is 0 Å². The molecule has 4 aromatic carbocycles. The molecule has 0 saturated heterocycles. The zero-order valence-electron chi connectivity index (χ0n) is 26.1. The van der Waals surface area contributed by atoms with E-state index < -0.39 is 6.71 Å². The second-order valence-electron chi connectivity index (χ2n) is 12.1. The standard InChI is InChI=1S/C33H34BNO/c1-21-18-28-31-30(19-21)36-29-11-9-8-10-25(29)34(31)26-20-23(33(5,6)7)14-17-27(26)35(28)24-15-12-22(13-16-24)32(2,3)4/h8-20H,1-7H3/i8D,9D,10D,11D. The fraction of sp³-hybridized carbons (Fsp3) is 0.273. The van der Waals surface area contributed by atoms with Crippen molar-refractivity contribution in [2.24, 2.45) is 0 Å². The van der Waals surface area contributed by atoms with E-state index in [1.54, 1.807) is 0 Å². The summed E-state index contributed by atoms with van der Waals surface area (Å²) in [5.74, 6) is 0.857. The van der Waals surface area contributed by atoms with E-state index in [1.165, 1.54) is 11.1 Å². The molecule has 0 aliphatic carbocycles. The van der Waals surface area contributed by atoms with Gasteiger partial charge in [-0.2, -0.15) is 0 Å². The second kappa shape index (κ2) is 7.77. The molecule has 0 N–H and O–H groups in total. The smallest absolute Gasteiger partial charge is 0.256 e. The van der Waals surface area contributed by atoms with Gasteiger partial charge in [-0.05, 0) is 87.2 Å². The zero-order valence-corrected chi connectivity index (χ0v) is 22.1. The number of aryl methyl sites for hydroxylation is 1. The van der Waals surface area contributed by atoms with Crippen molar-refractivity contribution in [2.45, 2.75) is 59.3 Å². The number of anilines is 3. The summed E-state index contributed by atoms with van der Waals surface area (Å²) in [6.07, 6.45) is 0. The molecule has 2 aliphatic heterocycles. The van der Waals surface area contributed by atoms with Crippen molar-refractivity contribution in [2.75, 3.05) is 4.90 Å². The Labute approximate surface area is 221 Å². The number of para-hydroxylation sites is 1. The number of ether oxygens (including phenoxy) is 1. The van der Waals surface area contributed by atoms with Gasteiger partial charge in [0.05, 0.1) is 5.48 Å². The predicted octanol–water partition coefficient (Wildman–Crippen LogP) is 7.00. The molecule has 2 heterocycles. The number of rotatable bonds is 1. The normalized spacial score (nSPS) is 15.6. The van der Waals surface area contributed by atoms with Crippen LogP contribution in [0, 0.1) is 6.92 Å². The van der Waals surface area contributed by atoms with Gasteiger partial charge in [0.1, 0.15) is 11.5 Å². The predicted molar refractivity (Wildman–Crippen MR) is 154 cm³/mol. The lowest BCUT2D eigenvalue weighted by Crippen LogP contribution is -2.59. The molecule has 180 valence electrons. The van der Waals surface area contributed by atoms with Crippen molar-refractivity contribution in [3.05, 3.63) is 95.5 Å². The average Bonchev–Trinajstić information content (AvgIpc) is 2.89. The maximum atomic E-state index is 8.95. The van der Waals surface area contributed by atoms with Crippen LogP contribution in [0.1, 0.15) is 63.7 Å². The highest BCUT2D eigenvalue weighted by Gasteiger charge is 2.42. The highest BCUT2D eigenvalue weighted by atomic mass is 16.5. The summed E-state index contributed by atoms with van der Waals surface area (Å²) >= 11 is 0. The lowest BCUT2D eigenvalue weighted by Gasteiger charge is -2.41. The molecule has 4 aromatic rings. The quantitative estimate of drug-likeness (QED) is 0.238. The van der Waals surface area contributed by atoms with E-state index in [9.17, 15) is 0 Å². The van der Waals surface area contributed by atoms with Crippen molar-refractivity contribution in [1.82, 2.24) is 0 Å². The topological polar surface area (TPSA) is 12.5 Å². The molecule has 0 spiro atoms. The summed E-state index contributed by atoms with van der Waals surface area (Å²) in [7, 11) is 0. The first-order chi connectivity index (χ1) is 18.7. The van der Waals surface area contributed by atoms with Crippen LogP contribution in [0.4, 0.5) is 17.1 Å². The molecule has 2 nitrogen and oxygen atoms in total. The molecule has 0 bridgehead atoms. The van der Waals surface area contributed by atoms with Crippen LogP contribution in [0.3, 0.4) is 0 Å². The van der Waals surface area contributed by atoms with Crippen molar-refractivity contribution in [1.29, 1.82) is 0 Å². The highest BCUT2D eigenvalue weighted by molar-refractivity contribution is 6.99. The third kappa shape index (κ3) is 3.56. The van der Waals surface area contributed by atoms with Crippen molar-refractivity contribution in [3.8, 4) is 11.5 Å². The van der Waals surface area contributed by atoms with Crippen LogP contribution in [-0.4, -0.2) is 6.71 Å². The van der Waals surface area contributed by atoms with Crippen LogP contribution < -0.4 is 26.0 Å². The molecule has 3 heteroatoms. The van der Waals surface area contributed by atoms with Crippen molar-refractivity contribution in [3.63, 3.8) is 0 Å². The third-order valence-corrected chi connectivity index (χ3v) is 7.41. The molecule has 36 heavy (non-hydrogen) atoms. The summed E-state index contributed by atoms with van der Waals surface area (Å²) in [4.78, 5) is 2.27. The van der Waals surface area contributed by atoms with Gasteiger partial charge in [0.25, 0.3) is 6.71 Å². The Bertz CT molecular complexity index is 1700. The van der Waals surface area contributed by atoms with Gasteiger partial charge in [0, 0.05) is 17.1 Å². The number of hydrogen-bond acceptors (Lipinski definition) is 2. The van der Waals surface area contributed by atoms with Crippen LogP contribution in [0.5, 0.6) is 11.5 Å². The van der Waals surface area contributed by atoms with Gasteiger partial charge >= 0.3 is 0 Å². The Hall–Kier alpha value is -3.46. The van der Waals surface area contributed by atoms with Gasteiger partial charge in [-0.25, -0.2) is 0 Å². The van der Waals surface area contributed by atoms with Gasteiger partial charge in [-0.3, -0.25) is 0 Å². The summed E-state index contributed by atoms with van der Waals surface area (Å²) in [5.41, 5.74) is 8.83. The van der Waals surface area contributed by atoms with Crippen LogP contribution >= 0.6 is 0 Å². The Balaban J connectivity index is 1.70. The fourth-order valence-electron chi connectivity index (χ4n) is 5.44. The maximum absolute atomic E-state index is 8.95. The molecule has 2 aliphatic rings. The first-order valence-electron chi connectivity index (χ1n) is 14.7. The van der Waals surface area contributed by atoms with E-state index in [-0.39, 0.29) is 40.7 Å². The molecule has 0 radical (unpaired) electrons. The lowest BCUT2D eigenvalue weighted by atomic mass is 9.34. The molecule has 0 saturated carbocycles. The SMILES string of the molecule is [2H]c1c([2H])c([2H])c2c(c1[2H])Oc1cc(C)cc3c1B2c1cc(C(C)(C)C)ccc1N3c1ccc(C(C)(C)C)cc1. The highest BCUT2D eigenvalue weighted by Crippen LogP contribution is 2.42.